The molecule has 9 heteroatoms. The topological polar surface area (TPSA) is 53.4 Å². The highest BCUT2D eigenvalue weighted by Crippen LogP contribution is 2.61. The van der Waals surface area contributed by atoms with Crippen LogP contribution in [0.15, 0.2) is 4.79 Å². The quantitative estimate of drug-likeness (QED) is 0.675. The Morgan fingerprint density at radius 2 is 2.00 bits per heavy atom. The van der Waals surface area contributed by atoms with Crippen molar-refractivity contribution in [1.29, 1.82) is 0 Å². The minimum absolute atomic E-state index is 0.0641. The molecule has 0 radical (unpaired) electrons. The lowest BCUT2D eigenvalue weighted by atomic mass is 10.2. The van der Waals surface area contributed by atoms with E-state index in [4.69, 9.17) is 20.9 Å². The molecule has 1 heterocycles. The van der Waals surface area contributed by atoms with Crippen molar-refractivity contribution in [3.05, 3.63) is 14.7 Å². The van der Waals surface area contributed by atoms with Crippen molar-refractivity contribution in [1.82, 2.24) is 9.78 Å². The first-order valence-corrected chi connectivity index (χ1v) is 11.1. The van der Waals surface area contributed by atoms with Crippen molar-refractivity contribution < 1.29 is 9.05 Å². The molecule has 5 nitrogen and oxygen atoms in total. The molecule has 0 N–H and O–H groups in total. The number of nitrogens with zero attached hydrogens (tertiary/aromatic N) is 2. The molecule has 0 atom stereocenters. The van der Waals surface area contributed by atoms with Gasteiger partial charge in [0.2, 0.25) is 5.69 Å². The molecule has 0 aliphatic rings. The van der Waals surface area contributed by atoms with Crippen LogP contribution in [-0.2, 0) is 26.7 Å². The Balaban J connectivity index is 2.74. The first kappa shape index (κ1) is 17.3. The maximum Gasteiger partial charge on any atom is 0.325 e. The lowest BCUT2D eigenvalue weighted by Gasteiger charge is -2.19. The minimum atomic E-state index is -2.36. The summed E-state index contributed by atoms with van der Waals surface area (Å²) in [7, 11) is 0. The van der Waals surface area contributed by atoms with Crippen LogP contribution in [0.4, 0.5) is 0 Å². The van der Waals surface area contributed by atoms with E-state index < -0.39 is 5.69 Å². The fourth-order valence-electron chi connectivity index (χ4n) is 1.19. The smallest absolute Gasteiger partial charge is 0.322 e. The van der Waals surface area contributed by atoms with Crippen molar-refractivity contribution in [3.8, 4) is 0 Å². The molecule has 0 aromatic carbocycles. The molecule has 0 bridgehead atoms. The second kappa shape index (κ2) is 7.90. The van der Waals surface area contributed by atoms with Gasteiger partial charge in [-0.2, -0.15) is 5.10 Å². The van der Waals surface area contributed by atoms with E-state index in [1.165, 1.54) is 27.4 Å². The number of hydrogen-bond acceptors (Lipinski definition) is 7. The Morgan fingerprint density at radius 1 is 1.42 bits per heavy atom. The normalized spacial score (nSPS) is 12.3. The Labute approximate surface area is 126 Å². The van der Waals surface area contributed by atoms with Crippen molar-refractivity contribution in [3.63, 3.8) is 0 Å². The maximum absolute atomic E-state index is 11.8. The SMILES string of the molecule is CCOP(=S)(OCC)SCn1nc(C(C)C)sc1=O. The molecule has 0 aliphatic carbocycles. The molecule has 1 aromatic heterocycles. The maximum atomic E-state index is 11.8. The zero-order valence-corrected chi connectivity index (χ0v) is 14.8. The van der Waals surface area contributed by atoms with E-state index in [1.54, 1.807) is 0 Å². The predicted molar refractivity (Wildman–Crippen MR) is 85.6 cm³/mol. The van der Waals surface area contributed by atoms with Crippen LogP contribution in [0.25, 0.3) is 0 Å². The van der Waals surface area contributed by atoms with Crippen LogP contribution in [0, 0.1) is 0 Å². The molecule has 0 unspecified atom stereocenters. The van der Waals surface area contributed by atoms with Gasteiger partial charge in [0, 0.05) is 5.92 Å². The fourth-order valence-corrected chi connectivity index (χ4v) is 6.21. The molecule has 0 amide bonds. The molecule has 0 saturated heterocycles. The van der Waals surface area contributed by atoms with Gasteiger partial charge in [0.15, 0.2) is 0 Å². The summed E-state index contributed by atoms with van der Waals surface area (Å²) in [5.41, 5.74) is -2.36. The largest absolute Gasteiger partial charge is 0.325 e. The Morgan fingerprint density at radius 3 is 2.42 bits per heavy atom. The molecule has 19 heavy (non-hydrogen) atoms. The van der Waals surface area contributed by atoms with Crippen molar-refractivity contribution in [2.24, 2.45) is 0 Å². The highest BCUT2D eigenvalue weighted by Gasteiger charge is 2.20. The zero-order valence-electron chi connectivity index (χ0n) is 11.5. The van der Waals surface area contributed by atoms with E-state index in [9.17, 15) is 4.79 Å². The summed E-state index contributed by atoms with van der Waals surface area (Å²) >= 11 is 7.92. The average Bonchev–Trinajstić information content (AvgIpc) is 2.69. The van der Waals surface area contributed by atoms with Crippen LogP contribution in [0.5, 0.6) is 0 Å². The van der Waals surface area contributed by atoms with E-state index in [-0.39, 0.29) is 10.8 Å². The highest BCUT2D eigenvalue weighted by molar-refractivity contribution is 8.67. The summed E-state index contributed by atoms with van der Waals surface area (Å²) < 4.78 is 12.5. The van der Waals surface area contributed by atoms with E-state index >= 15 is 0 Å². The van der Waals surface area contributed by atoms with Crippen molar-refractivity contribution in [2.45, 2.75) is 39.5 Å². The van der Waals surface area contributed by atoms with Gasteiger partial charge in [-0.3, -0.25) is 4.79 Å². The van der Waals surface area contributed by atoms with Gasteiger partial charge in [0.1, 0.15) is 10.9 Å². The second-order valence-corrected chi connectivity index (χ2v) is 11.2. The lowest BCUT2D eigenvalue weighted by Crippen LogP contribution is -2.13. The highest BCUT2D eigenvalue weighted by atomic mass is 32.9. The van der Waals surface area contributed by atoms with E-state index in [0.717, 1.165) is 5.01 Å². The zero-order chi connectivity index (χ0) is 14.5. The van der Waals surface area contributed by atoms with Crippen molar-refractivity contribution in [2.75, 3.05) is 13.2 Å². The standard InChI is InChI=1S/C10H19N2O3PS3/c1-5-14-16(17,15-6-2)18-7-12-10(13)19-9(11-12)8(3)4/h8H,5-7H2,1-4H3. The molecule has 0 spiro atoms. The third-order valence-corrected chi connectivity index (χ3v) is 8.51. The Bertz CT molecular complexity index is 490. The molecule has 110 valence electrons. The van der Waals surface area contributed by atoms with E-state index in [2.05, 4.69) is 5.10 Å². The van der Waals surface area contributed by atoms with Gasteiger partial charge in [-0.15, -0.1) is 0 Å². The van der Waals surface area contributed by atoms with Gasteiger partial charge in [0.05, 0.1) is 13.2 Å². The van der Waals surface area contributed by atoms with Crippen LogP contribution < -0.4 is 4.87 Å². The van der Waals surface area contributed by atoms with E-state index in [1.807, 2.05) is 27.7 Å². The van der Waals surface area contributed by atoms with Gasteiger partial charge < -0.3 is 9.05 Å². The number of hydrogen-bond donors (Lipinski definition) is 0. The van der Waals surface area contributed by atoms with Crippen LogP contribution >= 0.6 is 28.4 Å². The molecule has 0 aliphatic heterocycles. The summed E-state index contributed by atoms with van der Waals surface area (Å²) in [6.45, 7) is 8.81. The van der Waals surface area contributed by atoms with Gasteiger partial charge in [-0.25, -0.2) is 4.68 Å². The molecule has 1 rings (SSSR count). The Kier molecular flexibility index (Phi) is 7.21. The molecular formula is C10H19N2O3PS3. The lowest BCUT2D eigenvalue weighted by molar-refractivity contribution is 0.280. The summed E-state index contributed by atoms with van der Waals surface area (Å²) in [5, 5.41) is 5.13. The third kappa shape index (κ3) is 5.28. The van der Waals surface area contributed by atoms with Crippen LogP contribution in [0.1, 0.15) is 38.6 Å². The fraction of sp³-hybridized carbons (Fsp3) is 0.800. The second-order valence-electron chi connectivity index (χ2n) is 3.90. The minimum Gasteiger partial charge on any atom is -0.322 e. The van der Waals surface area contributed by atoms with E-state index in [0.29, 0.717) is 19.1 Å². The van der Waals surface area contributed by atoms with Crippen LogP contribution in [0.2, 0.25) is 0 Å². The Hall–Kier alpha value is 0.280. The van der Waals surface area contributed by atoms with Crippen LogP contribution in [-0.4, -0.2) is 23.0 Å². The average molecular weight is 342 g/mol. The molecule has 0 saturated carbocycles. The molecular weight excluding hydrogens is 323 g/mol. The molecule has 1 aromatic rings. The van der Waals surface area contributed by atoms with Gasteiger partial charge in [-0.05, 0) is 37.0 Å². The van der Waals surface area contributed by atoms with Gasteiger partial charge in [-0.1, -0.05) is 25.2 Å². The monoisotopic (exact) mass is 342 g/mol. The summed E-state index contributed by atoms with van der Waals surface area (Å²) in [4.78, 5) is 11.7. The summed E-state index contributed by atoms with van der Waals surface area (Å²) in [5.74, 6) is 0.630. The summed E-state index contributed by atoms with van der Waals surface area (Å²) in [6.07, 6.45) is 0. The van der Waals surface area contributed by atoms with Gasteiger partial charge in [0.25, 0.3) is 0 Å². The number of aromatic nitrogens is 2. The predicted octanol–water partition coefficient (Wildman–Crippen LogP) is 3.42. The first-order chi connectivity index (χ1) is 8.91. The first-order valence-electron chi connectivity index (χ1n) is 6.03. The van der Waals surface area contributed by atoms with Gasteiger partial charge >= 0.3 is 4.87 Å². The van der Waals surface area contributed by atoms with Crippen molar-refractivity contribution >= 4 is 40.2 Å². The number of rotatable bonds is 8. The third-order valence-electron chi connectivity index (χ3n) is 2.03. The van der Waals surface area contributed by atoms with Crippen LogP contribution in [0.3, 0.4) is 0 Å². The molecule has 0 fully saturated rings. The summed E-state index contributed by atoms with van der Waals surface area (Å²) in [6, 6.07) is 0.